The van der Waals surface area contributed by atoms with Crippen LogP contribution in [0.15, 0.2) is 0 Å². The fourth-order valence-corrected chi connectivity index (χ4v) is 2.47. The standard InChI is InChI=1S/C12H22N2/c1-11(2)9-12(10-13)5-4-7-14(3)8-6-12/h11H,4-9H2,1-3H3. The molecule has 80 valence electrons. The molecule has 0 aromatic carbocycles. The number of rotatable bonds is 2. The predicted molar refractivity (Wildman–Crippen MR) is 58.8 cm³/mol. The minimum Gasteiger partial charge on any atom is -0.306 e. The van der Waals surface area contributed by atoms with E-state index in [1.54, 1.807) is 0 Å². The summed E-state index contributed by atoms with van der Waals surface area (Å²) in [6.45, 7) is 6.67. The zero-order valence-corrected chi connectivity index (χ0v) is 9.71. The van der Waals surface area contributed by atoms with Crippen LogP contribution in [-0.2, 0) is 0 Å². The first-order valence-electron chi connectivity index (χ1n) is 5.68. The van der Waals surface area contributed by atoms with Crippen molar-refractivity contribution in [3.8, 4) is 6.07 Å². The lowest BCUT2D eigenvalue weighted by atomic mass is 9.76. The number of hydrogen-bond acceptors (Lipinski definition) is 2. The smallest absolute Gasteiger partial charge is 0.0690 e. The fourth-order valence-electron chi connectivity index (χ4n) is 2.47. The molecule has 1 aliphatic rings. The molecule has 0 amide bonds. The highest BCUT2D eigenvalue weighted by atomic mass is 15.1. The Labute approximate surface area is 87.9 Å². The first kappa shape index (κ1) is 11.5. The lowest BCUT2D eigenvalue weighted by molar-refractivity contribution is 0.267. The fraction of sp³-hybridized carbons (Fsp3) is 0.917. The minimum absolute atomic E-state index is 0.0288. The summed E-state index contributed by atoms with van der Waals surface area (Å²) in [5, 5.41) is 9.33. The van der Waals surface area contributed by atoms with Crippen LogP contribution in [0.4, 0.5) is 0 Å². The second-order valence-corrected chi connectivity index (χ2v) is 5.15. The van der Waals surface area contributed by atoms with Gasteiger partial charge in [-0.3, -0.25) is 0 Å². The Hall–Kier alpha value is -0.550. The highest BCUT2D eigenvalue weighted by molar-refractivity contribution is 5.00. The third kappa shape index (κ3) is 2.99. The van der Waals surface area contributed by atoms with E-state index in [-0.39, 0.29) is 5.41 Å². The van der Waals surface area contributed by atoms with Crippen molar-refractivity contribution >= 4 is 0 Å². The molecule has 1 heterocycles. The first-order chi connectivity index (χ1) is 6.58. The van der Waals surface area contributed by atoms with Gasteiger partial charge in [0, 0.05) is 0 Å². The summed E-state index contributed by atoms with van der Waals surface area (Å²) in [4.78, 5) is 2.35. The van der Waals surface area contributed by atoms with Gasteiger partial charge in [-0.1, -0.05) is 13.8 Å². The average molecular weight is 194 g/mol. The van der Waals surface area contributed by atoms with E-state index in [1.807, 2.05) is 0 Å². The maximum absolute atomic E-state index is 9.33. The maximum Gasteiger partial charge on any atom is 0.0690 e. The molecule has 1 fully saturated rings. The van der Waals surface area contributed by atoms with Gasteiger partial charge in [-0.05, 0) is 51.7 Å². The van der Waals surface area contributed by atoms with Crippen molar-refractivity contribution in [2.45, 2.75) is 39.5 Å². The molecule has 1 unspecified atom stereocenters. The van der Waals surface area contributed by atoms with Gasteiger partial charge in [0.25, 0.3) is 0 Å². The Bertz CT molecular complexity index is 217. The van der Waals surface area contributed by atoms with Crippen LogP contribution in [0.2, 0.25) is 0 Å². The first-order valence-corrected chi connectivity index (χ1v) is 5.68. The van der Waals surface area contributed by atoms with Crippen LogP contribution in [0, 0.1) is 22.7 Å². The van der Waals surface area contributed by atoms with Crippen LogP contribution in [0.1, 0.15) is 39.5 Å². The maximum atomic E-state index is 9.33. The quantitative estimate of drug-likeness (QED) is 0.675. The summed E-state index contributed by atoms with van der Waals surface area (Å²) < 4.78 is 0. The van der Waals surface area contributed by atoms with E-state index in [2.05, 4.69) is 31.9 Å². The molecule has 2 nitrogen and oxygen atoms in total. The Kier molecular flexibility index (Phi) is 3.95. The van der Waals surface area contributed by atoms with E-state index >= 15 is 0 Å². The Morgan fingerprint density at radius 1 is 1.36 bits per heavy atom. The molecule has 0 spiro atoms. The van der Waals surface area contributed by atoms with Crippen molar-refractivity contribution < 1.29 is 0 Å². The molecule has 0 saturated carbocycles. The van der Waals surface area contributed by atoms with Crippen LogP contribution in [0.25, 0.3) is 0 Å². The molecule has 14 heavy (non-hydrogen) atoms. The van der Waals surface area contributed by atoms with Gasteiger partial charge in [0.2, 0.25) is 0 Å². The van der Waals surface area contributed by atoms with E-state index in [9.17, 15) is 5.26 Å². The molecule has 0 radical (unpaired) electrons. The van der Waals surface area contributed by atoms with Crippen molar-refractivity contribution in [3.05, 3.63) is 0 Å². The molecule has 1 atom stereocenters. The Balaban J connectivity index is 2.64. The van der Waals surface area contributed by atoms with Crippen molar-refractivity contribution in [2.75, 3.05) is 20.1 Å². The molecule has 1 rings (SSSR count). The Morgan fingerprint density at radius 3 is 2.64 bits per heavy atom. The van der Waals surface area contributed by atoms with Gasteiger partial charge in [0.1, 0.15) is 0 Å². The van der Waals surface area contributed by atoms with Crippen LogP contribution in [0.5, 0.6) is 0 Å². The van der Waals surface area contributed by atoms with Crippen molar-refractivity contribution in [1.82, 2.24) is 4.90 Å². The SMILES string of the molecule is CC(C)CC1(C#N)CCCN(C)CC1. The number of likely N-dealkylation sites (tertiary alicyclic amines) is 1. The van der Waals surface area contributed by atoms with Gasteiger partial charge in [-0.2, -0.15) is 5.26 Å². The van der Waals surface area contributed by atoms with E-state index < -0.39 is 0 Å². The van der Waals surface area contributed by atoms with E-state index in [1.165, 1.54) is 6.42 Å². The number of nitriles is 1. The number of nitrogens with zero attached hydrogens (tertiary/aromatic N) is 2. The van der Waals surface area contributed by atoms with Gasteiger partial charge >= 0.3 is 0 Å². The minimum atomic E-state index is -0.0288. The monoisotopic (exact) mass is 194 g/mol. The van der Waals surface area contributed by atoms with Crippen LogP contribution >= 0.6 is 0 Å². The van der Waals surface area contributed by atoms with Crippen molar-refractivity contribution in [3.63, 3.8) is 0 Å². The summed E-state index contributed by atoms with van der Waals surface area (Å²) in [6, 6.07) is 2.58. The molecule has 0 aromatic heterocycles. The average Bonchev–Trinajstić information content (AvgIpc) is 2.29. The second kappa shape index (κ2) is 4.79. The number of hydrogen-bond donors (Lipinski definition) is 0. The van der Waals surface area contributed by atoms with Gasteiger partial charge in [0.15, 0.2) is 0 Å². The summed E-state index contributed by atoms with van der Waals surface area (Å²) in [7, 11) is 2.16. The Morgan fingerprint density at radius 2 is 2.07 bits per heavy atom. The van der Waals surface area contributed by atoms with Gasteiger partial charge < -0.3 is 4.90 Å². The topological polar surface area (TPSA) is 27.0 Å². The predicted octanol–water partition coefficient (Wildman–Crippen LogP) is 2.66. The lowest BCUT2D eigenvalue weighted by Gasteiger charge is -2.26. The van der Waals surface area contributed by atoms with E-state index in [0.29, 0.717) is 5.92 Å². The molecule has 2 heteroatoms. The van der Waals surface area contributed by atoms with Gasteiger partial charge in [-0.15, -0.1) is 0 Å². The van der Waals surface area contributed by atoms with Crippen molar-refractivity contribution in [1.29, 1.82) is 5.26 Å². The van der Waals surface area contributed by atoms with Crippen LogP contribution < -0.4 is 0 Å². The van der Waals surface area contributed by atoms with Crippen LogP contribution in [-0.4, -0.2) is 25.0 Å². The molecular weight excluding hydrogens is 172 g/mol. The van der Waals surface area contributed by atoms with Crippen molar-refractivity contribution in [2.24, 2.45) is 11.3 Å². The highest BCUT2D eigenvalue weighted by Crippen LogP contribution is 2.36. The third-order valence-electron chi connectivity index (χ3n) is 3.20. The summed E-state index contributed by atoms with van der Waals surface area (Å²) >= 11 is 0. The molecule has 0 aliphatic carbocycles. The summed E-state index contributed by atoms with van der Waals surface area (Å²) in [6.07, 6.45) is 4.39. The van der Waals surface area contributed by atoms with Gasteiger partial charge in [0.05, 0.1) is 11.5 Å². The molecular formula is C12H22N2. The highest BCUT2D eigenvalue weighted by Gasteiger charge is 2.32. The van der Waals surface area contributed by atoms with E-state index in [0.717, 1.165) is 32.4 Å². The second-order valence-electron chi connectivity index (χ2n) is 5.15. The molecule has 1 saturated heterocycles. The normalized spacial score (nSPS) is 29.9. The molecule has 0 aromatic rings. The molecule has 0 bridgehead atoms. The summed E-state index contributed by atoms with van der Waals surface area (Å²) in [5.74, 6) is 0.637. The van der Waals surface area contributed by atoms with Crippen LogP contribution in [0.3, 0.4) is 0 Å². The lowest BCUT2D eigenvalue weighted by Crippen LogP contribution is -2.24. The van der Waals surface area contributed by atoms with Gasteiger partial charge in [-0.25, -0.2) is 0 Å². The largest absolute Gasteiger partial charge is 0.306 e. The summed E-state index contributed by atoms with van der Waals surface area (Å²) in [5.41, 5.74) is -0.0288. The third-order valence-corrected chi connectivity index (χ3v) is 3.20. The molecule has 0 N–H and O–H groups in total. The van der Waals surface area contributed by atoms with E-state index in [4.69, 9.17) is 0 Å². The zero-order valence-electron chi connectivity index (χ0n) is 9.71. The zero-order chi connectivity index (χ0) is 10.6. The molecule has 1 aliphatic heterocycles.